The standard InChI is InChI=1S/C77H108F8N12O14/c1-15-33-110-42-58-65(101)87-63(45(4)16-2)71(107)91(10)41-61(100)92(11)54-25-19-18-22-32-96(70(54)106)57(36-46-26-29-49(30-27-46)76(80,81)82)69(105)90(9)40-59(98)86-53(31-28-47-34-51(78)62(52(79)35-47)77(83,84)85)67(103)97-39-50(111-17-3)37-55(97)66(102)88-75(43-74(5,6)44-75)73(109)95(14)64(48-23-20-21-24-48)72(108)94(13)56(68(104)89(7)8)38-60(99)93(58)12/h18-19,26-27,29-30,34-35,45,48,50,53-58,63-64H,15-17,20-25,28,31-33,36-44H2,1-14H3,(H,86,98)(H,87,101)(H,88,102)/b19-18-/t45-,50+,53-,54-,55-,56-,57-,58-,63-,64-/m0/s1. The zero-order valence-corrected chi connectivity index (χ0v) is 65.8. The average molecular weight is 1580 g/mol. The van der Waals surface area contributed by atoms with Crippen molar-refractivity contribution in [1.82, 2.24) is 60.0 Å². The molecule has 1 spiro atoms. The molecule has 0 aromatic heterocycles. The lowest BCUT2D eigenvalue weighted by atomic mass is 9.58. The predicted molar refractivity (Wildman–Crippen MR) is 389 cm³/mol. The van der Waals surface area contributed by atoms with Crippen LogP contribution in [0.5, 0.6) is 0 Å². The molecule has 12 amide bonds. The second-order valence-corrected chi connectivity index (χ2v) is 31.1. The quantitative estimate of drug-likeness (QED) is 0.109. The third kappa shape index (κ3) is 21.7. The van der Waals surface area contributed by atoms with Crippen molar-refractivity contribution in [2.75, 3.05) is 102 Å². The van der Waals surface area contributed by atoms with Gasteiger partial charge in [-0.2, -0.15) is 26.3 Å². The zero-order chi connectivity index (χ0) is 82.7. The molecular formula is C77H108F8N12O14. The van der Waals surface area contributed by atoms with Crippen LogP contribution in [-0.4, -0.2) is 277 Å². The van der Waals surface area contributed by atoms with E-state index in [-0.39, 0.29) is 70.4 Å². The summed E-state index contributed by atoms with van der Waals surface area (Å²) in [5.41, 5.74) is -5.99. The molecule has 3 aliphatic heterocycles. The van der Waals surface area contributed by atoms with Crippen molar-refractivity contribution in [3.8, 4) is 0 Å². The van der Waals surface area contributed by atoms with E-state index in [4.69, 9.17) is 9.47 Å². The van der Waals surface area contributed by atoms with E-state index < -0.39 is 234 Å². The lowest BCUT2D eigenvalue weighted by molar-refractivity contribution is -0.161. The molecule has 2 aliphatic carbocycles. The molecule has 2 saturated carbocycles. The number of nitrogens with zero attached hydrogens (tertiary/aromatic N) is 9. The smallest absolute Gasteiger partial charge is 0.379 e. The Hall–Kier alpha value is -8.82. The van der Waals surface area contributed by atoms with Crippen LogP contribution in [0.4, 0.5) is 35.1 Å². The normalized spacial score (nSPS) is 26.1. The van der Waals surface area contributed by atoms with Gasteiger partial charge in [0, 0.05) is 95.5 Å². The summed E-state index contributed by atoms with van der Waals surface area (Å²) in [6, 6.07) is -7.74. The fraction of sp³-hybridized carbons (Fsp3) is 0.662. The Labute approximate surface area is 642 Å². The maximum absolute atomic E-state index is 15.8. The van der Waals surface area contributed by atoms with Crippen LogP contribution in [0, 0.1) is 28.9 Å². The van der Waals surface area contributed by atoms with Crippen molar-refractivity contribution in [3.05, 3.63) is 82.4 Å². The summed E-state index contributed by atoms with van der Waals surface area (Å²) >= 11 is 0. The monoisotopic (exact) mass is 1580 g/mol. The summed E-state index contributed by atoms with van der Waals surface area (Å²) in [4.78, 5) is 191. The summed E-state index contributed by atoms with van der Waals surface area (Å²) in [5.74, 6) is -15.6. The predicted octanol–water partition coefficient (Wildman–Crippen LogP) is 5.76. The molecule has 3 heterocycles. The molecule has 3 N–H and O–H groups in total. The van der Waals surface area contributed by atoms with Crippen molar-refractivity contribution in [3.63, 3.8) is 0 Å². The molecule has 34 heteroatoms. The molecule has 2 aromatic carbocycles. The number of nitrogens with one attached hydrogen (secondary N) is 3. The highest BCUT2D eigenvalue weighted by molar-refractivity contribution is 6.01. The van der Waals surface area contributed by atoms with Crippen LogP contribution in [0.15, 0.2) is 48.6 Å². The fourth-order valence-electron chi connectivity index (χ4n) is 15.8. The number of carbonyl (C=O) groups excluding carboxylic acids is 12. The average Bonchev–Trinajstić information content (AvgIpc) is 1.73. The molecule has 0 unspecified atom stereocenters. The number of hydrogen-bond acceptors (Lipinski definition) is 14. The number of rotatable bonds is 15. The second-order valence-electron chi connectivity index (χ2n) is 31.1. The Bertz CT molecular complexity index is 3730. The second kappa shape index (κ2) is 37.7. The lowest BCUT2D eigenvalue weighted by Crippen LogP contribution is -2.71. The third-order valence-corrected chi connectivity index (χ3v) is 22.0. The first-order valence-corrected chi connectivity index (χ1v) is 37.8. The summed E-state index contributed by atoms with van der Waals surface area (Å²) < 4.78 is 126. The number of benzene rings is 2. The van der Waals surface area contributed by atoms with Gasteiger partial charge in [0.05, 0.1) is 37.8 Å². The SMILES string of the molecule is CCCOC[C@H]1C(=O)N[C@@H]([C@@H](C)CC)C(=O)N(C)CC(=O)N(C)[C@H]2C/C=C\CCN(C2=O)[C@@H](Cc2ccc(C(F)(F)F)cc2)C(=O)N(C)CC(=O)N[C@@H](CCc2cc(F)c(C(F)(F)F)c(F)c2)C(=O)N2C[C@H](OCC)C[C@H]2C(=O)NC2(CC(C)(C)C2)C(=O)N(C)[C@@H](C2CCCC2)C(=O)N(C)[C@H](C(=O)N(C)C)CC(=O)N1C. The number of likely N-dealkylation sites (N-methyl/N-ethyl adjacent to an activating group) is 7. The molecule has 7 rings (SSSR count). The summed E-state index contributed by atoms with van der Waals surface area (Å²) in [5, 5.41) is 8.27. The fourth-order valence-corrected chi connectivity index (χ4v) is 15.8. The van der Waals surface area contributed by atoms with E-state index in [1.807, 2.05) is 20.8 Å². The Balaban J connectivity index is 1.37. The van der Waals surface area contributed by atoms with Gasteiger partial charge in [0.2, 0.25) is 70.9 Å². The molecule has 2 saturated heterocycles. The minimum absolute atomic E-state index is 0.0230. The molecule has 4 fully saturated rings. The highest BCUT2D eigenvalue weighted by Crippen LogP contribution is 2.50. The molecule has 5 aliphatic rings. The molecular weight excluding hydrogens is 1470 g/mol. The van der Waals surface area contributed by atoms with Gasteiger partial charge >= 0.3 is 12.4 Å². The van der Waals surface area contributed by atoms with Crippen molar-refractivity contribution in [1.29, 1.82) is 0 Å². The summed E-state index contributed by atoms with van der Waals surface area (Å²) in [6.45, 7) is 8.00. The summed E-state index contributed by atoms with van der Waals surface area (Å²) in [6.07, 6.45) is -7.77. The van der Waals surface area contributed by atoms with Crippen LogP contribution in [0.1, 0.15) is 147 Å². The largest absolute Gasteiger partial charge is 0.422 e. The maximum Gasteiger partial charge on any atom is 0.422 e. The topological polar surface area (TPSA) is 289 Å². The number of amides is 12. The van der Waals surface area contributed by atoms with Gasteiger partial charge in [-0.15, -0.1) is 0 Å². The van der Waals surface area contributed by atoms with Gasteiger partial charge in [-0.3, -0.25) is 57.5 Å². The van der Waals surface area contributed by atoms with Crippen LogP contribution in [0.25, 0.3) is 0 Å². The molecule has 2 bridgehead atoms. The van der Waals surface area contributed by atoms with Gasteiger partial charge in [-0.05, 0) is 117 Å². The van der Waals surface area contributed by atoms with Gasteiger partial charge in [-0.1, -0.05) is 78.2 Å². The Kier molecular flexibility index (Phi) is 30.3. The Morgan fingerprint density at radius 3 is 1.87 bits per heavy atom. The van der Waals surface area contributed by atoms with Crippen LogP contribution in [0.3, 0.4) is 0 Å². The summed E-state index contributed by atoms with van der Waals surface area (Å²) in [7, 11) is 10.5. The molecule has 0 radical (unpaired) electrons. The van der Waals surface area contributed by atoms with Gasteiger partial charge in [0.25, 0.3) is 0 Å². The van der Waals surface area contributed by atoms with Crippen molar-refractivity contribution in [2.45, 2.75) is 210 Å². The number of aryl methyl sites for hydroxylation is 1. The number of carbonyl (C=O) groups is 12. The minimum atomic E-state index is -5.47. The van der Waals surface area contributed by atoms with Crippen LogP contribution >= 0.6 is 0 Å². The van der Waals surface area contributed by atoms with Crippen LogP contribution < -0.4 is 16.0 Å². The van der Waals surface area contributed by atoms with E-state index in [2.05, 4.69) is 16.0 Å². The van der Waals surface area contributed by atoms with E-state index in [0.717, 1.165) is 65.6 Å². The first-order valence-electron chi connectivity index (χ1n) is 37.8. The molecule has 2 aromatic rings. The third-order valence-electron chi connectivity index (χ3n) is 22.0. The molecule has 111 heavy (non-hydrogen) atoms. The van der Waals surface area contributed by atoms with Crippen LogP contribution in [0.2, 0.25) is 0 Å². The van der Waals surface area contributed by atoms with E-state index in [1.165, 1.54) is 59.1 Å². The first kappa shape index (κ1) is 89.4. The highest BCUT2D eigenvalue weighted by Gasteiger charge is 2.59. The van der Waals surface area contributed by atoms with Gasteiger partial charge in [0.15, 0.2) is 0 Å². The number of hydrogen-bond donors (Lipinski definition) is 3. The van der Waals surface area contributed by atoms with Crippen LogP contribution in [-0.2, 0) is 92.2 Å². The molecule has 26 nitrogen and oxygen atoms in total. The van der Waals surface area contributed by atoms with Crippen molar-refractivity contribution in [2.24, 2.45) is 17.3 Å². The minimum Gasteiger partial charge on any atom is -0.379 e. The number of ether oxygens (including phenoxy) is 2. The Morgan fingerprint density at radius 2 is 1.31 bits per heavy atom. The van der Waals surface area contributed by atoms with E-state index in [9.17, 15) is 55.1 Å². The van der Waals surface area contributed by atoms with Crippen molar-refractivity contribution >= 4 is 70.9 Å². The zero-order valence-electron chi connectivity index (χ0n) is 65.8. The molecule has 616 valence electrons. The lowest BCUT2D eigenvalue weighted by Gasteiger charge is -2.54. The number of alkyl halides is 6. The first-order chi connectivity index (χ1) is 51.9. The van der Waals surface area contributed by atoms with Crippen molar-refractivity contribution < 1.29 is 102 Å². The van der Waals surface area contributed by atoms with Gasteiger partial charge < -0.3 is 69.5 Å². The van der Waals surface area contributed by atoms with E-state index in [1.54, 1.807) is 32.9 Å². The van der Waals surface area contributed by atoms with Gasteiger partial charge in [0.1, 0.15) is 71.1 Å². The van der Waals surface area contributed by atoms with E-state index >= 15 is 37.5 Å². The maximum atomic E-state index is 15.8. The number of fused-ring (bicyclic) bond motifs is 3. The molecule has 10 atom stereocenters. The Morgan fingerprint density at radius 1 is 0.685 bits per heavy atom. The highest BCUT2D eigenvalue weighted by atomic mass is 19.4. The number of halogens is 8. The van der Waals surface area contributed by atoms with Gasteiger partial charge in [-0.25, -0.2) is 8.78 Å². The van der Waals surface area contributed by atoms with E-state index in [0.29, 0.717) is 44.2 Å².